The number of nitrogen functional groups attached to an aromatic ring is 1. The summed E-state index contributed by atoms with van der Waals surface area (Å²) in [4.78, 5) is 23.2. The first-order chi connectivity index (χ1) is 13.3. The van der Waals surface area contributed by atoms with E-state index in [1.165, 1.54) is 17.2 Å². The van der Waals surface area contributed by atoms with Crippen LogP contribution in [0, 0.1) is 5.92 Å². The lowest BCUT2D eigenvalue weighted by Gasteiger charge is -2.18. The van der Waals surface area contributed by atoms with Gasteiger partial charge in [-0.05, 0) is 17.0 Å². The van der Waals surface area contributed by atoms with Crippen molar-refractivity contribution in [2.45, 2.75) is 31.5 Å². The van der Waals surface area contributed by atoms with Gasteiger partial charge in [0.05, 0.1) is 6.33 Å². The fourth-order valence-corrected chi connectivity index (χ4v) is 5.50. The van der Waals surface area contributed by atoms with Crippen molar-refractivity contribution in [3.05, 3.63) is 25.3 Å². The number of carboxylic acid groups (broad SMARTS) is 1. The van der Waals surface area contributed by atoms with E-state index in [-0.39, 0.29) is 5.82 Å². The quantitative estimate of drug-likeness (QED) is 0.338. The molecule has 2 unspecified atom stereocenters. The van der Waals surface area contributed by atoms with Crippen LogP contribution in [0.15, 0.2) is 25.3 Å². The summed E-state index contributed by atoms with van der Waals surface area (Å²) >= 11 is 0. The number of ether oxygens (including phenoxy) is 1. The molecule has 1 fully saturated rings. The van der Waals surface area contributed by atoms with Crippen LogP contribution in [0.1, 0.15) is 13.2 Å². The molecule has 28 heavy (non-hydrogen) atoms. The lowest BCUT2D eigenvalue weighted by molar-refractivity contribution is -0.310. The number of fused-ring (bicyclic) bond motifs is 1. The molecule has 0 radical (unpaired) electrons. The maximum Gasteiger partial charge on any atom is 0.167 e. The van der Waals surface area contributed by atoms with Crippen LogP contribution in [0.5, 0.6) is 0 Å². The highest BCUT2D eigenvalue weighted by molar-refractivity contribution is 7.97. The number of nitrogens with two attached hydrogens (primary N) is 1. The molecule has 0 aromatic carbocycles. The van der Waals surface area contributed by atoms with Crippen LogP contribution < -0.4 is 10.8 Å². The predicted molar refractivity (Wildman–Crippen MR) is 102 cm³/mol. The maximum absolute atomic E-state index is 11.1. The van der Waals surface area contributed by atoms with Gasteiger partial charge in [-0.25, -0.2) is 15.0 Å². The summed E-state index contributed by atoms with van der Waals surface area (Å²) in [5.74, 6) is -0.170. The van der Waals surface area contributed by atoms with Crippen LogP contribution in [0.3, 0.4) is 0 Å². The molecule has 0 saturated carbocycles. The molecule has 1 aliphatic rings. The van der Waals surface area contributed by atoms with Gasteiger partial charge in [0.1, 0.15) is 47.4 Å². The van der Waals surface area contributed by atoms with E-state index in [1.54, 1.807) is 13.0 Å². The number of carbonyl (C=O) groups is 1. The van der Waals surface area contributed by atoms with Gasteiger partial charge in [-0.2, -0.15) is 0 Å². The Hall–Kier alpha value is -2.21. The van der Waals surface area contributed by atoms with Crippen molar-refractivity contribution in [1.82, 2.24) is 19.5 Å². The fraction of sp³-hybridized carbons (Fsp3) is 0.529. The zero-order chi connectivity index (χ0) is 20.4. The van der Waals surface area contributed by atoms with Gasteiger partial charge >= 0.3 is 0 Å². The SMILES string of the molecule is C=CC[S+](C[C@H](C)C(=O)[O-])C[C@H]1O[C@@H](n2cnc3c(N)ncnc32)C(O)[C@H]1O. The summed E-state index contributed by atoms with van der Waals surface area (Å²) in [6, 6.07) is 0. The van der Waals surface area contributed by atoms with Gasteiger partial charge in [-0.3, -0.25) is 4.57 Å². The van der Waals surface area contributed by atoms with Crippen LogP contribution >= 0.6 is 0 Å². The molecule has 4 N–H and O–H groups in total. The summed E-state index contributed by atoms with van der Waals surface area (Å²) < 4.78 is 7.44. The third kappa shape index (κ3) is 3.97. The number of carbonyl (C=O) groups excluding carboxylic acids is 1. The second-order valence-corrected chi connectivity index (χ2v) is 8.98. The van der Waals surface area contributed by atoms with E-state index < -0.39 is 47.3 Å². The lowest BCUT2D eigenvalue weighted by Crippen LogP contribution is -2.40. The van der Waals surface area contributed by atoms with E-state index in [2.05, 4.69) is 21.5 Å². The molecule has 1 saturated heterocycles. The van der Waals surface area contributed by atoms with E-state index in [9.17, 15) is 20.1 Å². The number of hydrogen-bond acceptors (Lipinski definition) is 9. The number of aliphatic carboxylic acids is 1. The highest BCUT2D eigenvalue weighted by Crippen LogP contribution is 2.33. The third-order valence-electron chi connectivity index (χ3n) is 4.64. The van der Waals surface area contributed by atoms with Gasteiger partial charge in [-0.15, -0.1) is 0 Å². The molecule has 1 aliphatic heterocycles. The minimum absolute atomic E-state index is 0.206. The number of aromatic nitrogens is 4. The van der Waals surface area contributed by atoms with Crippen LogP contribution in [0.25, 0.3) is 11.2 Å². The van der Waals surface area contributed by atoms with Crippen molar-refractivity contribution in [2.75, 3.05) is 23.0 Å². The molecule has 2 aromatic heterocycles. The normalized spacial score (nSPS) is 27.0. The van der Waals surface area contributed by atoms with E-state index in [4.69, 9.17) is 10.5 Å². The Balaban J connectivity index is 1.78. The Kier molecular flexibility index (Phi) is 6.18. The Labute approximate surface area is 164 Å². The summed E-state index contributed by atoms with van der Waals surface area (Å²) in [5.41, 5.74) is 6.56. The van der Waals surface area contributed by atoms with Gasteiger partial charge < -0.3 is 30.6 Å². The second-order valence-electron chi connectivity index (χ2n) is 6.75. The molecule has 6 atom stereocenters. The van der Waals surface area contributed by atoms with Crippen LogP contribution in [0.4, 0.5) is 5.82 Å². The molecule has 2 aromatic rings. The Morgan fingerprint density at radius 1 is 1.46 bits per heavy atom. The standard InChI is InChI=1S/C17H23N5O5S/c1-3-4-28(5-9(2)17(25)26)6-10-12(23)13(24)16(27-10)22-8-21-11-14(18)19-7-20-15(11)22/h3,7-10,12-13,16,23-24H,1,4-6H2,2H3,(H2-,18,19,20,25,26)/t9-,10+,12-,13?,16+,28?/m0/s1. The van der Waals surface area contributed by atoms with E-state index in [1.807, 2.05) is 0 Å². The number of hydrogen-bond donors (Lipinski definition) is 3. The smallest absolute Gasteiger partial charge is 0.167 e. The minimum Gasteiger partial charge on any atom is -0.550 e. The summed E-state index contributed by atoms with van der Waals surface area (Å²) in [6.45, 7) is 5.30. The summed E-state index contributed by atoms with van der Waals surface area (Å²) in [7, 11) is -0.399. The summed E-state index contributed by atoms with van der Waals surface area (Å²) in [5, 5.41) is 32.1. The van der Waals surface area contributed by atoms with Gasteiger partial charge in [0.2, 0.25) is 0 Å². The average Bonchev–Trinajstić information content (AvgIpc) is 3.19. The van der Waals surface area contributed by atoms with Gasteiger partial charge in [-0.1, -0.05) is 13.5 Å². The highest BCUT2D eigenvalue weighted by Gasteiger charge is 2.47. The molecule has 152 valence electrons. The van der Waals surface area contributed by atoms with Crippen molar-refractivity contribution >= 4 is 33.8 Å². The number of imidazole rings is 1. The molecular weight excluding hydrogens is 386 g/mol. The number of aliphatic hydroxyl groups excluding tert-OH is 2. The Morgan fingerprint density at radius 2 is 2.21 bits per heavy atom. The summed E-state index contributed by atoms with van der Waals surface area (Å²) in [6.07, 6.45) is 0.518. The number of nitrogens with zero attached hydrogens (tertiary/aromatic N) is 4. The fourth-order valence-electron chi connectivity index (χ4n) is 3.18. The van der Waals surface area contributed by atoms with E-state index >= 15 is 0 Å². The first kappa shape index (κ1) is 20.5. The molecular formula is C17H23N5O5S. The van der Waals surface area contributed by atoms with Crippen LogP contribution in [-0.2, 0) is 20.4 Å². The van der Waals surface area contributed by atoms with Crippen LogP contribution in [-0.4, -0.2) is 71.3 Å². The number of carboxylic acids is 1. The topological polar surface area (TPSA) is 159 Å². The monoisotopic (exact) mass is 409 g/mol. The largest absolute Gasteiger partial charge is 0.550 e. The first-order valence-electron chi connectivity index (χ1n) is 8.74. The van der Waals surface area contributed by atoms with Crippen molar-refractivity contribution in [1.29, 1.82) is 0 Å². The molecule has 10 nitrogen and oxygen atoms in total. The third-order valence-corrected chi connectivity index (χ3v) is 7.12. The van der Waals surface area contributed by atoms with Gasteiger partial charge in [0.15, 0.2) is 17.7 Å². The van der Waals surface area contributed by atoms with E-state index in [0.717, 1.165) is 0 Å². The molecule has 0 aliphatic carbocycles. The Bertz CT molecular complexity index is 862. The van der Waals surface area contributed by atoms with Crippen molar-refractivity contribution in [3.8, 4) is 0 Å². The average molecular weight is 409 g/mol. The Morgan fingerprint density at radius 3 is 2.89 bits per heavy atom. The first-order valence-corrected chi connectivity index (χ1v) is 10.5. The molecule has 3 heterocycles. The van der Waals surface area contributed by atoms with Crippen molar-refractivity contribution < 1.29 is 24.9 Å². The molecule has 3 rings (SSSR count). The van der Waals surface area contributed by atoms with Crippen molar-refractivity contribution in [2.24, 2.45) is 5.92 Å². The van der Waals surface area contributed by atoms with Crippen molar-refractivity contribution in [3.63, 3.8) is 0 Å². The minimum atomic E-state index is -1.20. The number of aliphatic hydroxyl groups is 2. The molecule has 0 spiro atoms. The highest BCUT2D eigenvalue weighted by atomic mass is 32.2. The van der Waals surface area contributed by atoms with Crippen LogP contribution in [0.2, 0.25) is 0 Å². The predicted octanol–water partition coefficient (Wildman–Crippen LogP) is -1.78. The van der Waals surface area contributed by atoms with Gasteiger partial charge in [0.25, 0.3) is 0 Å². The molecule has 0 bridgehead atoms. The zero-order valence-corrected chi connectivity index (χ0v) is 16.2. The lowest BCUT2D eigenvalue weighted by atomic mass is 10.1. The maximum atomic E-state index is 11.1. The van der Waals surface area contributed by atoms with E-state index in [0.29, 0.717) is 28.4 Å². The molecule has 11 heteroatoms. The molecule has 0 amide bonds. The van der Waals surface area contributed by atoms with Gasteiger partial charge in [0, 0.05) is 11.9 Å². The second kappa shape index (κ2) is 8.43. The number of anilines is 1. The zero-order valence-electron chi connectivity index (χ0n) is 15.3. The number of rotatable bonds is 8.